The van der Waals surface area contributed by atoms with Gasteiger partial charge in [-0.1, -0.05) is 12.8 Å². The predicted octanol–water partition coefficient (Wildman–Crippen LogP) is 1.35. The summed E-state index contributed by atoms with van der Waals surface area (Å²) in [6.45, 7) is 5.17. The molecule has 2 aliphatic rings. The van der Waals surface area contributed by atoms with Gasteiger partial charge in [0.05, 0.1) is 19.8 Å². The largest absolute Gasteiger partial charge is 0.382 e. The monoisotopic (exact) mass is 283 g/mol. The first-order valence-corrected chi connectivity index (χ1v) is 7.87. The molecule has 5 nitrogen and oxygen atoms in total. The second-order valence-corrected chi connectivity index (χ2v) is 5.79. The fourth-order valence-electron chi connectivity index (χ4n) is 3.39. The summed E-state index contributed by atoms with van der Waals surface area (Å²) in [5, 5.41) is 3.41. The van der Waals surface area contributed by atoms with E-state index in [1.54, 1.807) is 7.11 Å². The number of hydrogen-bond acceptors (Lipinski definition) is 3. The molecule has 0 aromatic rings. The van der Waals surface area contributed by atoms with Gasteiger partial charge in [-0.15, -0.1) is 0 Å². The van der Waals surface area contributed by atoms with Crippen LogP contribution in [0.2, 0.25) is 0 Å². The minimum absolute atomic E-state index is 0.657. The molecular weight excluding hydrogens is 254 g/mol. The van der Waals surface area contributed by atoms with Crippen molar-refractivity contribution in [2.45, 2.75) is 25.7 Å². The number of likely N-dealkylation sites (tertiary alicyclic amines) is 1. The van der Waals surface area contributed by atoms with Crippen LogP contribution in [0.15, 0.2) is 4.99 Å². The average Bonchev–Trinajstić information content (AvgIpc) is 2.90. The van der Waals surface area contributed by atoms with Gasteiger partial charge in [-0.25, -0.2) is 0 Å². The molecule has 0 aromatic carbocycles. The Hall–Kier alpha value is -0.810. The summed E-state index contributed by atoms with van der Waals surface area (Å²) in [4.78, 5) is 6.84. The first-order valence-electron chi connectivity index (χ1n) is 7.87. The van der Waals surface area contributed by atoms with Crippen molar-refractivity contribution in [2.24, 2.45) is 16.8 Å². The standard InChI is InChI=1S/C15H29N3O2/c1-16-15(17-7-8-20-10-9-19-2)18-11-13-5-3-4-6-14(13)12-18/h13-14H,3-12H2,1-2H3,(H,16,17). The molecule has 1 N–H and O–H groups in total. The van der Waals surface area contributed by atoms with E-state index in [4.69, 9.17) is 9.47 Å². The Morgan fingerprint density at radius 2 is 1.85 bits per heavy atom. The quantitative estimate of drug-likeness (QED) is 0.454. The van der Waals surface area contributed by atoms with E-state index in [9.17, 15) is 0 Å². The Labute approximate surface area is 122 Å². The van der Waals surface area contributed by atoms with Gasteiger partial charge in [0, 0.05) is 33.8 Å². The summed E-state index contributed by atoms with van der Waals surface area (Å²) in [6.07, 6.45) is 5.62. The SMILES string of the molecule is CN=C(NCCOCCOC)N1CC2CCCCC2C1. The molecule has 1 aliphatic heterocycles. The molecule has 0 aromatic heterocycles. The van der Waals surface area contributed by atoms with Crippen molar-refractivity contribution in [1.29, 1.82) is 0 Å². The minimum atomic E-state index is 0.657. The summed E-state index contributed by atoms with van der Waals surface area (Å²) in [6, 6.07) is 0. The van der Waals surface area contributed by atoms with Crippen molar-refractivity contribution >= 4 is 5.96 Å². The van der Waals surface area contributed by atoms with Gasteiger partial charge in [0.1, 0.15) is 0 Å². The molecule has 0 spiro atoms. The van der Waals surface area contributed by atoms with Crippen LogP contribution in [0.4, 0.5) is 0 Å². The number of methoxy groups -OCH3 is 1. The first-order chi connectivity index (χ1) is 9.85. The minimum Gasteiger partial charge on any atom is -0.382 e. The van der Waals surface area contributed by atoms with E-state index in [1.807, 2.05) is 7.05 Å². The molecule has 2 atom stereocenters. The Kier molecular flexibility index (Phi) is 6.60. The number of ether oxygens (including phenoxy) is 2. The molecule has 0 bridgehead atoms. The zero-order valence-electron chi connectivity index (χ0n) is 12.9. The number of nitrogens with zero attached hydrogens (tertiary/aromatic N) is 2. The Bertz CT molecular complexity index is 295. The highest BCUT2D eigenvalue weighted by Gasteiger charge is 2.35. The highest BCUT2D eigenvalue weighted by atomic mass is 16.5. The first kappa shape index (κ1) is 15.6. The fraction of sp³-hybridized carbons (Fsp3) is 0.933. The summed E-state index contributed by atoms with van der Waals surface area (Å²) in [7, 11) is 3.56. The number of guanidine groups is 1. The lowest BCUT2D eigenvalue weighted by atomic mass is 9.82. The number of aliphatic imine (C=N–C) groups is 1. The Morgan fingerprint density at radius 1 is 1.15 bits per heavy atom. The van der Waals surface area contributed by atoms with E-state index in [2.05, 4.69) is 15.2 Å². The molecule has 0 amide bonds. The lowest BCUT2D eigenvalue weighted by molar-refractivity contribution is 0.0731. The highest BCUT2D eigenvalue weighted by molar-refractivity contribution is 5.80. The predicted molar refractivity (Wildman–Crippen MR) is 81.1 cm³/mol. The van der Waals surface area contributed by atoms with E-state index >= 15 is 0 Å². The maximum atomic E-state index is 5.47. The molecular formula is C15H29N3O2. The van der Waals surface area contributed by atoms with Gasteiger partial charge in [-0.3, -0.25) is 4.99 Å². The van der Waals surface area contributed by atoms with Crippen molar-refractivity contribution in [3.63, 3.8) is 0 Å². The molecule has 20 heavy (non-hydrogen) atoms. The molecule has 1 heterocycles. The van der Waals surface area contributed by atoms with Gasteiger partial charge in [-0.2, -0.15) is 0 Å². The molecule has 2 fully saturated rings. The third kappa shape index (κ3) is 4.35. The number of nitrogens with one attached hydrogen (secondary N) is 1. The molecule has 0 radical (unpaired) electrons. The number of fused-ring (bicyclic) bond motifs is 1. The van der Waals surface area contributed by atoms with E-state index in [0.29, 0.717) is 19.8 Å². The lowest BCUT2D eigenvalue weighted by Gasteiger charge is -2.22. The molecule has 1 saturated heterocycles. The highest BCUT2D eigenvalue weighted by Crippen LogP contribution is 2.35. The molecule has 2 unspecified atom stereocenters. The van der Waals surface area contributed by atoms with Crippen molar-refractivity contribution in [1.82, 2.24) is 10.2 Å². The van der Waals surface area contributed by atoms with Crippen molar-refractivity contribution in [3.8, 4) is 0 Å². The van der Waals surface area contributed by atoms with Gasteiger partial charge in [0.25, 0.3) is 0 Å². The van der Waals surface area contributed by atoms with Gasteiger partial charge < -0.3 is 19.7 Å². The Morgan fingerprint density at radius 3 is 2.45 bits per heavy atom. The number of rotatable bonds is 6. The van der Waals surface area contributed by atoms with Crippen LogP contribution >= 0.6 is 0 Å². The maximum Gasteiger partial charge on any atom is 0.193 e. The van der Waals surface area contributed by atoms with Crippen LogP contribution in [-0.2, 0) is 9.47 Å². The average molecular weight is 283 g/mol. The van der Waals surface area contributed by atoms with Crippen molar-refractivity contribution < 1.29 is 9.47 Å². The summed E-state index contributed by atoms with van der Waals surface area (Å²) >= 11 is 0. The topological polar surface area (TPSA) is 46.1 Å². The van der Waals surface area contributed by atoms with Crippen LogP contribution in [0.5, 0.6) is 0 Å². The van der Waals surface area contributed by atoms with Gasteiger partial charge >= 0.3 is 0 Å². The second kappa shape index (κ2) is 8.47. The van der Waals surface area contributed by atoms with E-state index < -0.39 is 0 Å². The van der Waals surface area contributed by atoms with Gasteiger partial charge in [-0.05, 0) is 24.7 Å². The molecule has 2 rings (SSSR count). The van der Waals surface area contributed by atoms with E-state index in [-0.39, 0.29) is 0 Å². The van der Waals surface area contributed by atoms with Gasteiger partial charge in [0.15, 0.2) is 5.96 Å². The normalized spacial score (nSPS) is 26.7. The third-order valence-corrected chi connectivity index (χ3v) is 4.45. The van der Waals surface area contributed by atoms with Gasteiger partial charge in [0.2, 0.25) is 0 Å². The van der Waals surface area contributed by atoms with Crippen molar-refractivity contribution in [3.05, 3.63) is 0 Å². The van der Waals surface area contributed by atoms with Crippen LogP contribution in [-0.4, -0.2) is 64.5 Å². The zero-order chi connectivity index (χ0) is 14.2. The lowest BCUT2D eigenvalue weighted by Crippen LogP contribution is -2.41. The Balaban J connectivity index is 1.67. The molecule has 116 valence electrons. The van der Waals surface area contributed by atoms with Crippen LogP contribution in [0, 0.1) is 11.8 Å². The molecule has 5 heteroatoms. The van der Waals surface area contributed by atoms with E-state index in [0.717, 1.165) is 24.3 Å². The van der Waals surface area contributed by atoms with Crippen molar-refractivity contribution in [2.75, 3.05) is 53.6 Å². The van der Waals surface area contributed by atoms with Crippen LogP contribution in [0.3, 0.4) is 0 Å². The fourth-order valence-corrected chi connectivity index (χ4v) is 3.39. The van der Waals surface area contributed by atoms with Crippen LogP contribution in [0.25, 0.3) is 0 Å². The zero-order valence-corrected chi connectivity index (χ0v) is 12.9. The second-order valence-electron chi connectivity index (χ2n) is 5.79. The molecule has 1 aliphatic carbocycles. The third-order valence-electron chi connectivity index (χ3n) is 4.45. The summed E-state index contributed by atoms with van der Waals surface area (Å²) < 4.78 is 10.4. The van der Waals surface area contributed by atoms with E-state index in [1.165, 1.54) is 38.8 Å². The van der Waals surface area contributed by atoms with Crippen LogP contribution < -0.4 is 5.32 Å². The smallest absolute Gasteiger partial charge is 0.193 e. The molecule has 1 saturated carbocycles. The number of hydrogen-bond donors (Lipinski definition) is 1. The summed E-state index contributed by atoms with van der Waals surface area (Å²) in [5.74, 6) is 2.82. The van der Waals surface area contributed by atoms with Crippen LogP contribution in [0.1, 0.15) is 25.7 Å². The summed E-state index contributed by atoms with van der Waals surface area (Å²) in [5.41, 5.74) is 0. The maximum absolute atomic E-state index is 5.47.